The van der Waals surface area contributed by atoms with Gasteiger partial charge in [0.25, 0.3) is 5.91 Å². The van der Waals surface area contributed by atoms with Gasteiger partial charge in [0.05, 0.1) is 10.1 Å². The summed E-state index contributed by atoms with van der Waals surface area (Å²) in [5, 5.41) is 2.09. The summed E-state index contributed by atoms with van der Waals surface area (Å²) in [5.74, 6) is -0.777. The molecule has 0 atom stereocenters. The van der Waals surface area contributed by atoms with Crippen LogP contribution in [-0.4, -0.2) is 19.6 Å². The van der Waals surface area contributed by atoms with Crippen molar-refractivity contribution in [2.75, 3.05) is 5.32 Å². The summed E-state index contributed by atoms with van der Waals surface area (Å²) < 4.78 is 36.8. The summed E-state index contributed by atoms with van der Waals surface area (Å²) in [6.45, 7) is 3.20. The number of sulfone groups is 1. The van der Waals surface area contributed by atoms with Gasteiger partial charge in [-0.25, -0.2) is 12.8 Å². The molecule has 0 saturated carbocycles. The van der Waals surface area contributed by atoms with Gasteiger partial charge in [0.2, 0.25) is 0 Å². The molecule has 1 N–H and O–H groups in total. The van der Waals surface area contributed by atoms with Gasteiger partial charge in [-0.15, -0.1) is 0 Å². The van der Waals surface area contributed by atoms with Crippen molar-refractivity contribution in [3.05, 3.63) is 59.9 Å². The van der Waals surface area contributed by atoms with Gasteiger partial charge in [0.1, 0.15) is 5.82 Å². The summed E-state index contributed by atoms with van der Waals surface area (Å²) in [6, 6.07) is 11.1. The second-order valence-electron chi connectivity index (χ2n) is 5.08. The SMILES string of the molecule is CC(C)S(=O)(=O)c1ccc(C(=O)Nc2ccc(F)cc2)cc1. The second-order valence-corrected chi connectivity index (χ2v) is 7.58. The Hall–Kier alpha value is -2.21. The van der Waals surface area contributed by atoms with Crippen LogP contribution in [0.1, 0.15) is 24.2 Å². The van der Waals surface area contributed by atoms with Crippen LogP contribution in [0.3, 0.4) is 0 Å². The third kappa shape index (κ3) is 3.51. The lowest BCUT2D eigenvalue weighted by Gasteiger charge is -2.09. The van der Waals surface area contributed by atoms with E-state index in [1.54, 1.807) is 13.8 Å². The molecule has 2 aromatic rings. The fourth-order valence-electron chi connectivity index (χ4n) is 1.80. The van der Waals surface area contributed by atoms with E-state index in [1.807, 2.05) is 0 Å². The average molecular weight is 321 g/mol. The maximum atomic E-state index is 12.8. The molecule has 0 saturated heterocycles. The van der Waals surface area contributed by atoms with Crippen molar-refractivity contribution in [3.8, 4) is 0 Å². The number of halogens is 1. The zero-order valence-electron chi connectivity index (χ0n) is 12.2. The Morgan fingerprint density at radius 1 is 1.00 bits per heavy atom. The molecule has 0 heterocycles. The van der Waals surface area contributed by atoms with Crippen molar-refractivity contribution in [2.45, 2.75) is 24.0 Å². The molecule has 2 rings (SSSR count). The minimum atomic E-state index is -3.36. The Kier molecular flexibility index (Phi) is 4.61. The van der Waals surface area contributed by atoms with E-state index < -0.39 is 15.1 Å². The van der Waals surface area contributed by atoms with Gasteiger partial charge < -0.3 is 5.32 Å². The van der Waals surface area contributed by atoms with Crippen molar-refractivity contribution in [1.82, 2.24) is 0 Å². The lowest BCUT2D eigenvalue weighted by molar-refractivity contribution is 0.102. The summed E-state index contributed by atoms with van der Waals surface area (Å²) in [5.41, 5.74) is 0.789. The van der Waals surface area contributed by atoms with E-state index in [-0.39, 0.29) is 16.6 Å². The van der Waals surface area contributed by atoms with Gasteiger partial charge in [0.15, 0.2) is 9.84 Å². The Labute approximate surface area is 128 Å². The highest BCUT2D eigenvalue weighted by Gasteiger charge is 2.19. The third-order valence-corrected chi connectivity index (χ3v) is 5.34. The number of carbonyl (C=O) groups excluding carboxylic acids is 1. The van der Waals surface area contributed by atoms with Crippen LogP contribution >= 0.6 is 0 Å². The molecule has 116 valence electrons. The molecule has 6 heteroatoms. The molecule has 0 aliphatic heterocycles. The fraction of sp³-hybridized carbons (Fsp3) is 0.188. The first kappa shape index (κ1) is 16.2. The van der Waals surface area contributed by atoms with Gasteiger partial charge in [-0.1, -0.05) is 0 Å². The maximum absolute atomic E-state index is 12.8. The van der Waals surface area contributed by atoms with Gasteiger partial charge >= 0.3 is 0 Å². The van der Waals surface area contributed by atoms with Crippen LogP contribution in [0.25, 0.3) is 0 Å². The lowest BCUT2D eigenvalue weighted by Crippen LogP contribution is -2.15. The number of anilines is 1. The number of hydrogen-bond acceptors (Lipinski definition) is 3. The third-order valence-electron chi connectivity index (χ3n) is 3.17. The van der Waals surface area contributed by atoms with Crippen molar-refractivity contribution >= 4 is 21.4 Å². The quantitative estimate of drug-likeness (QED) is 0.940. The minimum absolute atomic E-state index is 0.181. The Bertz CT molecular complexity index is 766. The molecule has 0 bridgehead atoms. The second kappa shape index (κ2) is 6.27. The normalized spacial score (nSPS) is 11.5. The monoisotopic (exact) mass is 321 g/mol. The first-order chi connectivity index (χ1) is 10.3. The van der Waals surface area contributed by atoms with Crippen molar-refractivity contribution in [1.29, 1.82) is 0 Å². The molecular weight excluding hydrogens is 305 g/mol. The van der Waals surface area contributed by atoms with Crippen LogP contribution in [-0.2, 0) is 9.84 Å². The lowest BCUT2D eigenvalue weighted by atomic mass is 10.2. The molecule has 0 aliphatic rings. The molecule has 1 amide bonds. The molecular formula is C16H16FNO3S. The molecule has 0 aliphatic carbocycles. The van der Waals surface area contributed by atoms with E-state index in [2.05, 4.69) is 5.32 Å². The van der Waals surface area contributed by atoms with Crippen LogP contribution in [0.5, 0.6) is 0 Å². The highest BCUT2D eigenvalue weighted by atomic mass is 32.2. The van der Waals surface area contributed by atoms with Crippen molar-refractivity contribution in [2.24, 2.45) is 0 Å². The minimum Gasteiger partial charge on any atom is -0.322 e. The Balaban J connectivity index is 2.16. The highest BCUT2D eigenvalue weighted by Crippen LogP contribution is 2.17. The highest BCUT2D eigenvalue weighted by molar-refractivity contribution is 7.92. The zero-order chi connectivity index (χ0) is 16.3. The number of hydrogen-bond donors (Lipinski definition) is 1. The number of amides is 1. The molecule has 0 unspecified atom stereocenters. The molecule has 0 radical (unpaired) electrons. The first-order valence-corrected chi connectivity index (χ1v) is 8.26. The predicted octanol–water partition coefficient (Wildman–Crippen LogP) is 3.26. The Morgan fingerprint density at radius 3 is 2.05 bits per heavy atom. The molecule has 0 fully saturated rings. The molecule has 0 spiro atoms. The largest absolute Gasteiger partial charge is 0.322 e. The van der Waals surface area contributed by atoms with Crippen LogP contribution in [0, 0.1) is 5.82 Å². The van der Waals surface area contributed by atoms with E-state index in [0.29, 0.717) is 11.3 Å². The van der Waals surface area contributed by atoms with Crippen molar-refractivity contribution in [3.63, 3.8) is 0 Å². The molecule has 4 nitrogen and oxygen atoms in total. The van der Waals surface area contributed by atoms with Crippen molar-refractivity contribution < 1.29 is 17.6 Å². The number of benzene rings is 2. The fourth-order valence-corrected chi connectivity index (χ4v) is 2.86. The standard InChI is InChI=1S/C16H16FNO3S/c1-11(2)22(20,21)15-9-3-12(4-10-15)16(19)18-14-7-5-13(17)6-8-14/h3-11H,1-2H3,(H,18,19). The van der Waals surface area contributed by atoms with Gasteiger partial charge in [-0.05, 0) is 62.4 Å². The number of carbonyl (C=O) groups is 1. The van der Waals surface area contributed by atoms with Gasteiger partial charge in [0, 0.05) is 11.3 Å². The van der Waals surface area contributed by atoms with Crippen LogP contribution < -0.4 is 5.32 Å². The van der Waals surface area contributed by atoms with Gasteiger partial charge in [-0.2, -0.15) is 0 Å². The predicted molar refractivity (Wildman–Crippen MR) is 83.1 cm³/mol. The van der Waals surface area contributed by atoms with Crippen LogP contribution in [0.15, 0.2) is 53.4 Å². The summed E-state index contributed by atoms with van der Waals surface area (Å²) >= 11 is 0. The average Bonchev–Trinajstić information content (AvgIpc) is 2.49. The van der Waals surface area contributed by atoms with E-state index in [9.17, 15) is 17.6 Å². The summed E-state index contributed by atoms with van der Waals surface area (Å²) in [7, 11) is -3.36. The van der Waals surface area contributed by atoms with E-state index in [0.717, 1.165) is 0 Å². The summed E-state index contributed by atoms with van der Waals surface area (Å²) in [6.07, 6.45) is 0. The number of nitrogens with one attached hydrogen (secondary N) is 1. The maximum Gasteiger partial charge on any atom is 0.255 e. The molecule has 2 aromatic carbocycles. The van der Waals surface area contributed by atoms with Gasteiger partial charge in [-0.3, -0.25) is 4.79 Å². The topological polar surface area (TPSA) is 63.2 Å². The van der Waals surface area contributed by atoms with E-state index in [1.165, 1.54) is 48.5 Å². The smallest absolute Gasteiger partial charge is 0.255 e. The molecule has 22 heavy (non-hydrogen) atoms. The van der Waals surface area contributed by atoms with Crippen LogP contribution in [0.4, 0.5) is 10.1 Å². The molecule has 0 aromatic heterocycles. The Morgan fingerprint density at radius 2 is 1.55 bits per heavy atom. The summed E-state index contributed by atoms with van der Waals surface area (Å²) in [4.78, 5) is 12.2. The van der Waals surface area contributed by atoms with E-state index >= 15 is 0 Å². The zero-order valence-corrected chi connectivity index (χ0v) is 13.0. The first-order valence-electron chi connectivity index (χ1n) is 6.71. The number of rotatable bonds is 4. The van der Waals surface area contributed by atoms with E-state index in [4.69, 9.17) is 0 Å². The van der Waals surface area contributed by atoms with Crippen LogP contribution in [0.2, 0.25) is 0 Å².